The van der Waals surface area contributed by atoms with Crippen LogP contribution >= 0.6 is 0 Å². The van der Waals surface area contributed by atoms with Gasteiger partial charge in [0.15, 0.2) is 0 Å². The van der Waals surface area contributed by atoms with Gasteiger partial charge in [-0.1, -0.05) is 18.2 Å². The molecule has 1 fully saturated rings. The lowest BCUT2D eigenvalue weighted by atomic mass is 10.0. The second kappa shape index (κ2) is 10.6. The van der Waals surface area contributed by atoms with E-state index in [9.17, 15) is 14.0 Å². The van der Waals surface area contributed by atoms with Crippen molar-refractivity contribution in [2.75, 3.05) is 45.9 Å². The molecule has 0 radical (unpaired) electrons. The second-order valence-corrected chi connectivity index (χ2v) is 8.28. The van der Waals surface area contributed by atoms with Crippen LogP contribution in [-0.2, 0) is 9.47 Å². The molecular weight excluding hydrogens is 389 g/mol. The molecule has 1 aromatic rings. The molecule has 0 aliphatic carbocycles. The summed E-state index contributed by atoms with van der Waals surface area (Å²) in [6, 6.07) is 6.29. The first-order chi connectivity index (χ1) is 14.2. The standard InChI is InChI=1S/C22H34FN3O4/c1-6-24(20(27)29-7-2)16-19(17-10-8-9-11-18(17)23)25-12-14-26(15-13-25)21(28)30-22(3,4)5/h8-11,19H,6-7,12-16H2,1-5H3. The predicted molar refractivity (Wildman–Crippen MR) is 113 cm³/mol. The lowest BCUT2D eigenvalue weighted by Crippen LogP contribution is -2.52. The minimum Gasteiger partial charge on any atom is -0.450 e. The smallest absolute Gasteiger partial charge is 0.410 e. The second-order valence-electron chi connectivity index (χ2n) is 8.28. The van der Waals surface area contributed by atoms with Gasteiger partial charge in [-0.3, -0.25) is 4.90 Å². The van der Waals surface area contributed by atoms with Crippen LogP contribution in [0, 0.1) is 5.82 Å². The van der Waals surface area contributed by atoms with Gasteiger partial charge in [0.25, 0.3) is 0 Å². The third-order valence-electron chi connectivity index (χ3n) is 4.97. The number of carbonyl (C=O) groups excluding carboxylic acids is 2. The number of halogens is 1. The molecule has 0 spiro atoms. The van der Waals surface area contributed by atoms with Crippen molar-refractivity contribution in [3.63, 3.8) is 0 Å². The van der Waals surface area contributed by atoms with Crippen LogP contribution in [0.4, 0.5) is 14.0 Å². The Balaban J connectivity index is 2.15. The zero-order valence-corrected chi connectivity index (χ0v) is 18.7. The number of ether oxygens (including phenoxy) is 2. The van der Waals surface area contributed by atoms with Crippen LogP contribution in [0.3, 0.4) is 0 Å². The van der Waals surface area contributed by atoms with E-state index in [1.807, 2.05) is 27.7 Å². The molecule has 7 nitrogen and oxygen atoms in total. The van der Waals surface area contributed by atoms with E-state index < -0.39 is 11.7 Å². The zero-order chi connectivity index (χ0) is 22.3. The van der Waals surface area contributed by atoms with Gasteiger partial charge in [0.2, 0.25) is 0 Å². The van der Waals surface area contributed by atoms with Crippen molar-refractivity contribution in [3.05, 3.63) is 35.6 Å². The summed E-state index contributed by atoms with van der Waals surface area (Å²) in [6.07, 6.45) is -0.750. The van der Waals surface area contributed by atoms with Crippen LogP contribution < -0.4 is 0 Å². The fourth-order valence-corrected chi connectivity index (χ4v) is 3.45. The summed E-state index contributed by atoms with van der Waals surface area (Å²) in [6.45, 7) is 12.3. The van der Waals surface area contributed by atoms with E-state index in [2.05, 4.69) is 4.90 Å². The maximum atomic E-state index is 14.6. The third-order valence-corrected chi connectivity index (χ3v) is 4.97. The van der Waals surface area contributed by atoms with Crippen molar-refractivity contribution >= 4 is 12.2 Å². The van der Waals surface area contributed by atoms with Crippen LogP contribution in [0.5, 0.6) is 0 Å². The summed E-state index contributed by atoms with van der Waals surface area (Å²) in [7, 11) is 0. The molecule has 1 heterocycles. The van der Waals surface area contributed by atoms with E-state index in [0.717, 1.165) is 0 Å². The molecule has 0 aromatic heterocycles. The zero-order valence-electron chi connectivity index (χ0n) is 18.7. The molecule has 2 amide bonds. The highest BCUT2D eigenvalue weighted by Gasteiger charge is 2.32. The molecule has 0 bridgehead atoms. The van der Waals surface area contributed by atoms with Crippen LogP contribution in [0.25, 0.3) is 0 Å². The molecule has 1 aliphatic heterocycles. The lowest BCUT2D eigenvalue weighted by molar-refractivity contribution is 0.00785. The SMILES string of the molecule is CCOC(=O)N(CC)CC(c1ccccc1F)N1CCN(C(=O)OC(C)(C)C)CC1. The molecule has 1 unspecified atom stereocenters. The minimum atomic E-state index is -0.550. The fraction of sp³-hybridized carbons (Fsp3) is 0.636. The molecule has 0 N–H and O–H groups in total. The van der Waals surface area contributed by atoms with Crippen LogP contribution in [-0.4, -0.2) is 78.4 Å². The van der Waals surface area contributed by atoms with Crippen LogP contribution in [0.15, 0.2) is 24.3 Å². The average molecular weight is 424 g/mol. The number of hydrogen-bond donors (Lipinski definition) is 0. The monoisotopic (exact) mass is 423 g/mol. The van der Waals surface area contributed by atoms with E-state index in [1.54, 1.807) is 34.9 Å². The highest BCUT2D eigenvalue weighted by molar-refractivity contribution is 5.68. The number of hydrogen-bond acceptors (Lipinski definition) is 5. The summed E-state index contributed by atoms with van der Waals surface area (Å²) in [4.78, 5) is 30.0. The Morgan fingerprint density at radius 3 is 2.30 bits per heavy atom. The Bertz CT molecular complexity index is 715. The van der Waals surface area contributed by atoms with Crippen molar-refractivity contribution < 1.29 is 23.5 Å². The Labute approximate surface area is 178 Å². The Morgan fingerprint density at radius 2 is 1.77 bits per heavy atom. The first kappa shape index (κ1) is 23.9. The molecule has 1 aliphatic rings. The number of carbonyl (C=O) groups is 2. The highest BCUT2D eigenvalue weighted by Crippen LogP contribution is 2.26. The number of likely N-dealkylation sites (N-methyl/N-ethyl adjacent to an activating group) is 1. The molecule has 1 saturated heterocycles. The minimum absolute atomic E-state index is 0.286. The molecule has 8 heteroatoms. The van der Waals surface area contributed by atoms with E-state index in [0.29, 0.717) is 44.8 Å². The van der Waals surface area contributed by atoms with Gasteiger partial charge < -0.3 is 19.3 Å². The van der Waals surface area contributed by atoms with Gasteiger partial charge in [-0.25, -0.2) is 14.0 Å². The summed E-state index contributed by atoms with van der Waals surface area (Å²) in [5.41, 5.74) is -0.0171. The maximum Gasteiger partial charge on any atom is 0.410 e. The van der Waals surface area contributed by atoms with Gasteiger partial charge >= 0.3 is 12.2 Å². The quantitative estimate of drug-likeness (QED) is 0.695. The first-order valence-electron chi connectivity index (χ1n) is 10.5. The number of rotatable bonds is 6. The Hall–Kier alpha value is -2.35. The molecule has 0 saturated carbocycles. The van der Waals surface area contributed by atoms with E-state index >= 15 is 0 Å². The number of piperazine rings is 1. The summed E-state index contributed by atoms with van der Waals surface area (Å²) in [5, 5.41) is 0. The predicted octanol–water partition coefficient (Wildman–Crippen LogP) is 3.90. The van der Waals surface area contributed by atoms with Gasteiger partial charge in [-0.05, 0) is 40.7 Å². The molecule has 30 heavy (non-hydrogen) atoms. The van der Waals surface area contributed by atoms with Gasteiger partial charge in [0.05, 0.1) is 12.6 Å². The van der Waals surface area contributed by atoms with Crippen molar-refractivity contribution in [3.8, 4) is 0 Å². The summed E-state index contributed by atoms with van der Waals surface area (Å²) < 4.78 is 25.2. The van der Waals surface area contributed by atoms with Crippen molar-refractivity contribution in [1.29, 1.82) is 0 Å². The highest BCUT2D eigenvalue weighted by atomic mass is 19.1. The van der Waals surface area contributed by atoms with Crippen molar-refractivity contribution in [2.24, 2.45) is 0 Å². The van der Waals surface area contributed by atoms with E-state index in [4.69, 9.17) is 9.47 Å². The van der Waals surface area contributed by atoms with E-state index in [1.165, 1.54) is 6.07 Å². The van der Waals surface area contributed by atoms with Crippen molar-refractivity contribution in [2.45, 2.75) is 46.3 Å². The Kier molecular flexibility index (Phi) is 8.46. The fourth-order valence-electron chi connectivity index (χ4n) is 3.45. The average Bonchev–Trinajstić information content (AvgIpc) is 2.69. The lowest BCUT2D eigenvalue weighted by Gasteiger charge is -2.41. The molecule has 1 atom stereocenters. The topological polar surface area (TPSA) is 62.3 Å². The third kappa shape index (κ3) is 6.58. The van der Waals surface area contributed by atoms with Crippen molar-refractivity contribution in [1.82, 2.24) is 14.7 Å². The summed E-state index contributed by atoms with van der Waals surface area (Å²) >= 11 is 0. The molecule has 2 rings (SSSR count). The number of nitrogens with zero attached hydrogens (tertiary/aromatic N) is 3. The van der Waals surface area contributed by atoms with Gasteiger partial charge in [0, 0.05) is 44.8 Å². The van der Waals surface area contributed by atoms with E-state index in [-0.39, 0.29) is 24.6 Å². The molecule has 168 valence electrons. The number of amides is 2. The summed E-state index contributed by atoms with van der Waals surface area (Å²) in [5.74, 6) is -0.308. The first-order valence-corrected chi connectivity index (χ1v) is 10.5. The number of benzene rings is 1. The normalized spacial score (nSPS) is 16.1. The van der Waals surface area contributed by atoms with Gasteiger partial charge in [-0.2, -0.15) is 0 Å². The molecule has 1 aromatic carbocycles. The molecular formula is C22H34FN3O4. The largest absolute Gasteiger partial charge is 0.450 e. The van der Waals surface area contributed by atoms with Crippen LogP contribution in [0.2, 0.25) is 0 Å². The van der Waals surface area contributed by atoms with Gasteiger partial charge in [0.1, 0.15) is 11.4 Å². The Morgan fingerprint density at radius 1 is 1.13 bits per heavy atom. The maximum absolute atomic E-state index is 14.6. The van der Waals surface area contributed by atoms with Gasteiger partial charge in [-0.15, -0.1) is 0 Å². The van der Waals surface area contributed by atoms with Crippen LogP contribution in [0.1, 0.15) is 46.2 Å².